The first kappa shape index (κ1) is 12.7. The van der Waals surface area contributed by atoms with Crippen molar-refractivity contribution in [2.45, 2.75) is 25.6 Å². The minimum atomic E-state index is -4.95. The molecule has 0 aliphatic carbocycles. The molecule has 1 aromatic carbocycles. The van der Waals surface area contributed by atoms with Crippen LogP contribution < -0.4 is 4.90 Å². The zero-order valence-corrected chi connectivity index (χ0v) is 9.54. The summed E-state index contributed by atoms with van der Waals surface area (Å²) in [6, 6.07) is 6.95. The topological polar surface area (TPSA) is 29.5 Å². The fourth-order valence-electron chi connectivity index (χ4n) is 2.04. The molecule has 0 aromatic heterocycles. The maximum absolute atomic E-state index is 12.1. The Morgan fingerprint density at radius 1 is 1.22 bits per heavy atom. The number of nitrogens with zero attached hydrogens (tertiary/aromatic N) is 1. The van der Waals surface area contributed by atoms with Crippen LogP contribution in [0.4, 0.5) is 23.7 Å². The summed E-state index contributed by atoms with van der Waals surface area (Å²) >= 11 is 0. The number of hydrogen-bond donors (Lipinski definition) is 0. The Hall–Kier alpha value is -1.72. The quantitative estimate of drug-likeness (QED) is 0.713. The molecule has 1 heterocycles. The highest BCUT2D eigenvalue weighted by molar-refractivity contribution is 5.88. The molecule has 0 unspecified atom stereocenters. The summed E-state index contributed by atoms with van der Waals surface area (Å²) in [5.41, 5.74) is 1.37. The average molecular weight is 259 g/mol. The Bertz CT molecular complexity index is 445. The van der Waals surface area contributed by atoms with Crippen molar-refractivity contribution in [3.8, 4) is 0 Å². The van der Waals surface area contributed by atoms with Crippen LogP contribution in [0.25, 0.3) is 0 Å². The molecular weight excluding hydrogens is 247 g/mol. The number of fused-ring (bicyclic) bond motifs is 1. The van der Waals surface area contributed by atoms with E-state index in [1.165, 1.54) is 0 Å². The van der Waals surface area contributed by atoms with Gasteiger partial charge in [0.25, 0.3) is 0 Å². The van der Waals surface area contributed by atoms with E-state index < -0.39 is 12.5 Å². The number of carbonyl (C=O) groups is 1. The Morgan fingerprint density at radius 3 is 2.67 bits per heavy atom. The number of aryl methyl sites for hydroxylation is 1. The zero-order valence-electron chi connectivity index (χ0n) is 9.54. The van der Waals surface area contributed by atoms with Gasteiger partial charge in [-0.1, -0.05) is 18.2 Å². The van der Waals surface area contributed by atoms with Gasteiger partial charge >= 0.3 is 12.5 Å². The van der Waals surface area contributed by atoms with Crippen LogP contribution in [0.5, 0.6) is 0 Å². The van der Waals surface area contributed by atoms with Gasteiger partial charge in [0.15, 0.2) is 0 Å². The maximum atomic E-state index is 12.1. The lowest BCUT2D eigenvalue weighted by Crippen LogP contribution is -2.36. The Morgan fingerprint density at radius 2 is 1.94 bits per heavy atom. The number of ether oxygens (including phenoxy) is 1. The van der Waals surface area contributed by atoms with Crippen LogP contribution in [-0.2, 0) is 11.2 Å². The van der Waals surface area contributed by atoms with Crippen LogP contribution in [-0.4, -0.2) is 19.0 Å². The van der Waals surface area contributed by atoms with Gasteiger partial charge in [-0.15, -0.1) is 13.2 Å². The predicted octanol–water partition coefficient (Wildman–Crippen LogP) is 3.49. The molecule has 0 radical (unpaired) electrons. The number of halogens is 3. The fourth-order valence-corrected chi connectivity index (χ4v) is 2.04. The van der Waals surface area contributed by atoms with Crippen LogP contribution in [0, 0.1) is 0 Å². The largest absolute Gasteiger partial charge is 0.576 e. The van der Waals surface area contributed by atoms with Gasteiger partial charge in [-0.3, -0.25) is 4.90 Å². The van der Waals surface area contributed by atoms with Gasteiger partial charge in [0.05, 0.1) is 5.69 Å². The zero-order chi connectivity index (χ0) is 13.2. The number of benzene rings is 1. The third-order valence-electron chi connectivity index (χ3n) is 2.78. The summed E-state index contributed by atoms with van der Waals surface area (Å²) in [4.78, 5) is 12.6. The van der Waals surface area contributed by atoms with E-state index >= 15 is 0 Å². The molecule has 18 heavy (non-hydrogen) atoms. The summed E-state index contributed by atoms with van der Waals surface area (Å²) in [6.45, 7) is 0.242. The average Bonchev–Trinajstić information content (AvgIpc) is 2.48. The highest BCUT2D eigenvalue weighted by atomic mass is 19.4. The number of alkyl halides is 3. The van der Waals surface area contributed by atoms with Crippen molar-refractivity contribution in [2.24, 2.45) is 0 Å². The minimum Gasteiger partial charge on any atom is -0.356 e. The van der Waals surface area contributed by atoms with E-state index in [1.807, 2.05) is 6.07 Å². The molecule has 0 bridgehead atoms. The Kier molecular flexibility index (Phi) is 3.45. The van der Waals surface area contributed by atoms with Gasteiger partial charge in [0.1, 0.15) is 0 Å². The summed E-state index contributed by atoms with van der Waals surface area (Å²) in [7, 11) is 0. The van der Waals surface area contributed by atoms with Crippen LogP contribution in [0.15, 0.2) is 24.3 Å². The first-order valence-corrected chi connectivity index (χ1v) is 5.62. The summed E-state index contributed by atoms with van der Waals surface area (Å²) in [5, 5.41) is 0. The second-order valence-corrected chi connectivity index (χ2v) is 4.05. The van der Waals surface area contributed by atoms with Crippen LogP contribution >= 0.6 is 0 Å². The summed E-state index contributed by atoms with van der Waals surface area (Å²) in [6.07, 6.45) is -4.06. The molecule has 2 rings (SSSR count). The number of amides is 1. The highest BCUT2D eigenvalue weighted by Gasteiger charge is 2.37. The number of para-hydroxylation sites is 1. The number of anilines is 1. The van der Waals surface area contributed by atoms with Crippen molar-refractivity contribution in [1.82, 2.24) is 0 Å². The second-order valence-electron chi connectivity index (χ2n) is 4.05. The summed E-state index contributed by atoms with van der Waals surface area (Å²) < 4.78 is 39.7. The third-order valence-corrected chi connectivity index (χ3v) is 2.78. The molecule has 1 amide bonds. The lowest BCUT2D eigenvalue weighted by atomic mass is 10.1. The SMILES string of the molecule is O=C(OC(F)(F)F)N1CCCCc2ccccc21. The first-order chi connectivity index (χ1) is 8.47. The second kappa shape index (κ2) is 4.88. The van der Waals surface area contributed by atoms with Gasteiger partial charge in [0.2, 0.25) is 0 Å². The van der Waals surface area contributed by atoms with E-state index in [4.69, 9.17) is 0 Å². The maximum Gasteiger partial charge on any atom is 0.576 e. The molecule has 98 valence electrons. The van der Waals surface area contributed by atoms with Crippen LogP contribution in [0.1, 0.15) is 18.4 Å². The molecule has 0 saturated heterocycles. The molecule has 6 heteroatoms. The van der Waals surface area contributed by atoms with E-state index in [0.29, 0.717) is 12.1 Å². The van der Waals surface area contributed by atoms with Crippen molar-refractivity contribution in [3.05, 3.63) is 29.8 Å². The molecule has 0 saturated carbocycles. The predicted molar refractivity (Wildman–Crippen MR) is 59.3 cm³/mol. The van der Waals surface area contributed by atoms with E-state index in [1.54, 1.807) is 18.2 Å². The van der Waals surface area contributed by atoms with E-state index in [0.717, 1.165) is 23.3 Å². The van der Waals surface area contributed by atoms with Gasteiger partial charge in [0, 0.05) is 6.54 Å². The number of rotatable bonds is 0. The monoisotopic (exact) mass is 259 g/mol. The van der Waals surface area contributed by atoms with Crippen molar-refractivity contribution < 1.29 is 22.7 Å². The molecule has 1 aliphatic rings. The highest BCUT2D eigenvalue weighted by Crippen LogP contribution is 2.28. The van der Waals surface area contributed by atoms with Gasteiger partial charge in [-0.05, 0) is 30.9 Å². The first-order valence-electron chi connectivity index (χ1n) is 5.62. The van der Waals surface area contributed by atoms with Gasteiger partial charge in [-0.25, -0.2) is 4.79 Å². The van der Waals surface area contributed by atoms with Gasteiger partial charge < -0.3 is 4.74 Å². The molecule has 3 nitrogen and oxygen atoms in total. The van der Waals surface area contributed by atoms with E-state index in [-0.39, 0.29) is 6.54 Å². The normalized spacial score (nSPS) is 15.8. The molecule has 0 spiro atoms. The fraction of sp³-hybridized carbons (Fsp3) is 0.417. The third kappa shape index (κ3) is 2.94. The molecule has 0 atom stereocenters. The minimum absolute atomic E-state index is 0.242. The number of hydrogen-bond acceptors (Lipinski definition) is 2. The van der Waals surface area contributed by atoms with Gasteiger partial charge in [-0.2, -0.15) is 0 Å². The molecule has 1 aliphatic heterocycles. The van der Waals surface area contributed by atoms with Crippen LogP contribution in [0.2, 0.25) is 0 Å². The molecular formula is C12H12F3NO2. The summed E-state index contributed by atoms with van der Waals surface area (Å²) in [5.74, 6) is 0. The number of carbonyl (C=O) groups excluding carboxylic acids is 1. The van der Waals surface area contributed by atoms with Crippen molar-refractivity contribution in [3.63, 3.8) is 0 Å². The molecule has 1 aromatic rings. The van der Waals surface area contributed by atoms with Crippen molar-refractivity contribution in [2.75, 3.05) is 11.4 Å². The molecule has 0 N–H and O–H groups in total. The standard InChI is InChI=1S/C12H12F3NO2/c13-12(14,15)18-11(17)16-8-4-3-6-9-5-1-2-7-10(9)16/h1-2,5,7H,3-4,6,8H2. The van der Waals surface area contributed by atoms with Crippen LogP contribution in [0.3, 0.4) is 0 Å². The van der Waals surface area contributed by atoms with E-state index in [2.05, 4.69) is 4.74 Å². The van der Waals surface area contributed by atoms with Crippen molar-refractivity contribution in [1.29, 1.82) is 0 Å². The Balaban J connectivity index is 2.25. The Labute approximate surface area is 102 Å². The lowest BCUT2D eigenvalue weighted by molar-refractivity contribution is -0.290. The van der Waals surface area contributed by atoms with Crippen molar-refractivity contribution >= 4 is 11.8 Å². The molecule has 0 fully saturated rings. The van der Waals surface area contributed by atoms with E-state index in [9.17, 15) is 18.0 Å². The lowest BCUT2D eigenvalue weighted by Gasteiger charge is -2.22. The smallest absolute Gasteiger partial charge is 0.356 e.